The summed E-state index contributed by atoms with van der Waals surface area (Å²) < 4.78 is 5.99. The standard InChI is InChI=1S/C20H18N2O3S/c1-10-17(12(3)23)19(18(11(2)22-10)20(24)25-4)15-9-26-16-6-5-13(8-21)7-14(15)16/h5-7,9,19,22H,1-4H3. The number of ether oxygens (including phenoxy) is 1. The molecule has 1 atom stereocenters. The summed E-state index contributed by atoms with van der Waals surface area (Å²) in [5.41, 5.74) is 3.73. The van der Waals surface area contributed by atoms with E-state index in [9.17, 15) is 14.9 Å². The van der Waals surface area contributed by atoms with Gasteiger partial charge in [0.25, 0.3) is 0 Å². The number of allylic oxidation sites excluding steroid dienone is 3. The van der Waals surface area contributed by atoms with E-state index < -0.39 is 11.9 Å². The Balaban J connectivity index is 2.33. The zero-order chi connectivity index (χ0) is 19.0. The number of ketones is 1. The Morgan fingerprint density at radius 2 is 1.92 bits per heavy atom. The molecule has 2 heterocycles. The Bertz CT molecular complexity index is 1040. The van der Waals surface area contributed by atoms with E-state index in [1.807, 2.05) is 18.4 Å². The molecular formula is C20H18N2O3S. The number of carbonyl (C=O) groups excluding carboxylic acids is 2. The zero-order valence-electron chi connectivity index (χ0n) is 15.0. The first-order valence-electron chi connectivity index (χ1n) is 8.08. The van der Waals surface area contributed by atoms with Gasteiger partial charge < -0.3 is 10.1 Å². The van der Waals surface area contributed by atoms with Crippen LogP contribution in [0.1, 0.15) is 37.8 Å². The highest BCUT2D eigenvalue weighted by Gasteiger charge is 2.36. The average molecular weight is 366 g/mol. The van der Waals surface area contributed by atoms with Gasteiger partial charge >= 0.3 is 5.97 Å². The number of nitrogens with one attached hydrogen (secondary N) is 1. The van der Waals surface area contributed by atoms with E-state index in [1.165, 1.54) is 25.4 Å². The van der Waals surface area contributed by atoms with Gasteiger partial charge in [-0.3, -0.25) is 4.79 Å². The highest BCUT2D eigenvalue weighted by atomic mass is 32.1. The maximum absolute atomic E-state index is 12.5. The monoisotopic (exact) mass is 366 g/mol. The van der Waals surface area contributed by atoms with Crippen molar-refractivity contribution in [2.75, 3.05) is 7.11 Å². The van der Waals surface area contributed by atoms with Gasteiger partial charge in [-0.1, -0.05) is 0 Å². The highest BCUT2D eigenvalue weighted by molar-refractivity contribution is 7.17. The lowest BCUT2D eigenvalue weighted by molar-refractivity contribution is -0.136. The lowest BCUT2D eigenvalue weighted by Crippen LogP contribution is -2.30. The lowest BCUT2D eigenvalue weighted by atomic mass is 9.79. The molecule has 1 unspecified atom stereocenters. The van der Waals surface area contributed by atoms with Crippen LogP contribution in [0.15, 0.2) is 46.1 Å². The number of dihydropyridines is 1. The van der Waals surface area contributed by atoms with Crippen molar-refractivity contribution < 1.29 is 14.3 Å². The fraction of sp³-hybridized carbons (Fsp3) is 0.250. The fourth-order valence-corrected chi connectivity index (χ4v) is 4.46. The van der Waals surface area contributed by atoms with Gasteiger partial charge in [-0.15, -0.1) is 11.3 Å². The summed E-state index contributed by atoms with van der Waals surface area (Å²) in [6.07, 6.45) is 0. The first-order valence-corrected chi connectivity index (χ1v) is 8.96. The summed E-state index contributed by atoms with van der Waals surface area (Å²) in [5.74, 6) is -1.10. The molecule has 1 aliphatic rings. The molecule has 0 radical (unpaired) electrons. The number of thiophene rings is 1. The van der Waals surface area contributed by atoms with Gasteiger partial charge in [0.15, 0.2) is 5.78 Å². The van der Waals surface area contributed by atoms with Gasteiger partial charge in [0.2, 0.25) is 0 Å². The minimum absolute atomic E-state index is 0.107. The van der Waals surface area contributed by atoms with E-state index >= 15 is 0 Å². The molecule has 26 heavy (non-hydrogen) atoms. The molecule has 3 rings (SSSR count). The summed E-state index contributed by atoms with van der Waals surface area (Å²) in [6, 6.07) is 7.61. The normalized spacial score (nSPS) is 17.1. The topological polar surface area (TPSA) is 79.2 Å². The number of hydrogen-bond acceptors (Lipinski definition) is 6. The van der Waals surface area contributed by atoms with Crippen LogP contribution in [-0.2, 0) is 14.3 Å². The second-order valence-electron chi connectivity index (χ2n) is 6.20. The van der Waals surface area contributed by atoms with Crippen LogP contribution in [0.4, 0.5) is 0 Å². The first-order chi connectivity index (χ1) is 12.4. The Morgan fingerprint density at radius 3 is 2.54 bits per heavy atom. The number of Topliss-reactive ketones (excluding diaryl/α,β-unsaturated/α-hetero) is 1. The second-order valence-corrected chi connectivity index (χ2v) is 7.11. The van der Waals surface area contributed by atoms with Crippen LogP contribution in [0.5, 0.6) is 0 Å². The zero-order valence-corrected chi connectivity index (χ0v) is 15.8. The third-order valence-electron chi connectivity index (χ3n) is 4.59. The maximum Gasteiger partial charge on any atom is 0.336 e. The van der Waals surface area contributed by atoms with Crippen LogP contribution >= 0.6 is 11.3 Å². The molecule has 1 aromatic heterocycles. The Morgan fingerprint density at radius 1 is 1.23 bits per heavy atom. The molecule has 0 spiro atoms. The smallest absolute Gasteiger partial charge is 0.336 e. The summed E-state index contributed by atoms with van der Waals surface area (Å²) in [5, 5.41) is 15.2. The first kappa shape index (κ1) is 17.9. The van der Waals surface area contributed by atoms with Crippen molar-refractivity contribution in [3.63, 3.8) is 0 Å². The second kappa shape index (κ2) is 6.77. The van der Waals surface area contributed by atoms with E-state index in [0.29, 0.717) is 22.4 Å². The van der Waals surface area contributed by atoms with Crippen molar-refractivity contribution in [1.29, 1.82) is 5.26 Å². The van der Waals surface area contributed by atoms with Crippen molar-refractivity contribution in [2.45, 2.75) is 26.7 Å². The number of carbonyl (C=O) groups is 2. The maximum atomic E-state index is 12.5. The van der Waals surface area contributed by atoms with Gasteiger partial charge in [-0.25, -0.2) is 4.79 Å². The number of hydrogen-bond donors (Lipinski definition) is 1. The molecule has 0 bridgehead atoms. The number of methoxy groups -OCH3 is 1. The Labute approximate surface area is 155 Å². The van der Waals surface area contributed by atoms with Gasteiger partial charge in [0, 0.05) is 27.6 Å². The number of benzene rings is 1. The molecule has 0 amide bonds. The van der Waals surface area contributed by atoms with E-state index in [4.69, 9.17) is 4.74 Å². The van der Waals surface area contributed by atoms with Gasteiger partial charge in [-0.05, 0) is 55.3 Å². The summed E-state index contributed by atoms with van der Waals surface area (Å²) in [4.78, 5) is 24.9. The van der Waals surface area contributed by atoms with Gasteiger partial charge in [0.1, 0.15) is 0 Å². The van der Waals surface area contributed by atoms with Crippen molar-refractivity contribution in [2.24, 2.45) is 0 Å². The molecule has 2 aromatic rings. The summed E-state index contributed by atoms with van der Waals surface area (Å²) in [6.45, 7) is 5.13. The van der Waals surface area contributed by atoms with Crippen LogP contribution in [0, 0.1) is 11.3 Å². The molecule has 132 valence electrons. The van der Waals surface area contributed by atoms with E-state index in [-0.39, 0.29) is 5.78 Å². The van der Waals surface area contributed by atoms with E-state index in [0.717, 1.165) is 21.3 Å². The number of esters is 1. The van der Waals surface area contributed by atoms with Gasteiger partial charge in [0.05, 0.1) is 24.3 Å². The molecule has 1 aliphatic heterocycles. The predicted octanol–water partition coefficient (Wildman–Crippen LogP) is 3.77. The molecule has 0 saturated heterocycles. The number of nitrogens with zero attached hydrogens (tertiary/aromatic N) is 1. The minimum Gasteiger partial charge on any atom is -0.466 e. The SMILES string of the molecule is COC(=O)C1=C(C)NC(C)=C(C(C)=O)C1c1csc2ccc(C#N)cc12. The number of rotatable bonds is 3. The number of nitriles is 1. The minimum atomic E-state index is -0.524. The third kappa shape index (κ3) is 2.80. The fourth-order valence-electron chi connectivity index (χ4n) is 3.49. The largest absolute Gasteiger partial charge is 0.466 e. The van der Waals surface area contributed by atoms with Crippen LogP contribution in [0.2, 0.25) is 0 Å². The van der Waals surface area contributed by atoms with Crippen LogP contribution in [0.25, 0.3) is 10.1 Å². The predicted molar refractivity (Wildman–Crippen MR) is 101 cm³/mol. The Kier molecular flexibility index (Phi) is 4.66. The van der Waals surface area contributed by atoms with E-state index in [2.05, 4.69) is 11.4 Å². The molecule has 0 fully saturated rings. The lowest BCUT2D eigenvalue weighted by Gasteiger charge is -2.30. The van der Waals surface area contributed by atoms with Crippen molar-refractivity contribution >= 4 is 33.2 Å². The molecule has 5 nitrogen and oxygen atoms in total. The summed E-state index contributed by atoms with van der Waals surface area (Å²) >= 11 is 1.53. The number of fused-ring (bicyclic) bond motifs is 1. The van der Waals surface area contributed by atoms with Crippen LogP contribution in [-0.4, -0.2) is 18.9 Å². The highest BCUT2D eigenvalue weighted by Crippen LogP contribution is 2.43. The average Bonchev–Trinajstić information content (AvgIpc) is 3.02. The van der Waals surface area contributed by atoms with Crippen molar-refractivity contribution in [1.82, 2.24) is 5.32 Å². The van der Waals surface area contributed by atoms with E-state index in [1.54, 1.807) is 19.1 Å². The van der Waals surface area contributed by atoms with Crippen LogP contribution < -0.4 is 5.32 Å². The van der Waals surface area contributed by atoms with Gasteiger partial charge in [-0.2, -0.15) is 5.26 Å². The molecule has 0 aliphatic carbocycles. The molecule has 6 heteroatoms. The van der Waals surface area contributed by atoms with Crippen LogP contribution in [0.3, 0.4) is 0 Å². The van der Waals surface area contributed by atoms with Crippen molar-refractivity contribution in [3.8, 4) is 6.07 Å². The molecule has 1 aromatic carbocycles. The molecular weight excluding hydrogens is 348 g/mol. The quantitative estimate of drug-likeness (QED) is 0.837. The third-order valence-corrected chi connectivity index (χ3v) is 5.57. The summed E-state index contributed by atoms with van der Waals surface area (Å²) in [7, 11) is 1.33. The molecule has 1 N–H and O–H groups in total. The van der Waals surface area contributed by atoms with Crippen molar-refractivity contribution in [3.05, 3.63) is 57.2 Å². The Hall–Kier alpha value is -2.91. The molecule has 0 saturated carbocycles.